The highest BCUT2D eigenvalue weighted by Gasteiger charge is 2.16. The molecule has 1 heterocycles. The van der Waals surface area contributed by atoms with Crippen LogP contribution in [0.15, 0.2) is 12.1 Å². The molecule has 0 aliphatic heterocycles. The Hall–Kier alpha value is -2.71. The summed E-state index contributed by atoms with van der Waals surface area (Å²) in [4.78, 5) is 33.5. The van der Waals surface area contributed by atoms with E-state index in [0.717, 1.165) is 4.90 Å². The zero-order valence-electron chi connectivity index (χ0n) is 10.0. The van der Waals surface area contributed by atoms with E-state index in [4.69, 9.17) is 10.2 Å². The number of aliphatic carboxylic acids is 2. The number of hydrogen-bond acceptors (Lipinski definition) is 6. The van der Waals surface area contributed by atoms with Crippen molar-refractivity contribution in [1.82, 2.24) is 15.5 Å². The molecule has 0 bridgehead atoms. The predicted molar refractivity (Wildman–Crippen MR) is 62.9 cm³/mol. The first-order valence-corrected chi connectivity index (χ1v) is 5.18. The minimum atomic E-state index is -1.20. The van der Waals surface area contributed by atoms with Gasteiger partial charge >= 0.3 is 11.9 Å². The maximum atomic E-state index is 11.2. The number of nitrogens with zero attached hydrogens (tertiary/aromatic N) is 3. The Morgan fingerprint density at radius 3 is 2.11 bits per heavy atom. The molecule has 0 spiro atoms. The second kappa shape index (κ2) is 6.28. The van der Waals surface area contributed by atoms with Crippen molar-refractivity contribution in [1.29, 1.82) is 0 Å². The number of rotatable bonds is 6. The van der Waals surface area contributed by atoms with Gasteiger partial charge in [0.2, 0.25) is 0 Å². The number of amides is 1. The van der Waals surface area contributed by atoms with Crippen molar-refractivity contribution in [3.05, 3.63) is 17.8 Å². The second-order valence-corrected chi connectivity index (χ2v) is 3.50. The van der Waals surface area contributed by atoms with E-state index in [2.05, 4.69) is 15.5 Å². The minimum Gasteiger partial charge on any atom is -0.480 e. The molecule has 0 unspecified atom stereocenters. The van der Waals surface area contributed by atoms with Gasteiger partial charge in [0.1, 0.15) is 13.1 Å². The number of aromatic nitrogens is 2. The van der Waals surface area contributed by atoms with Crippen LogP contribution in [0, 0.1) is 0 Å². The van der Waals surface area contributed by atoms with E-state index in [-0.39, 0.29) is 11.5 Å². The predicted octanol–water partition coefficient (Wildman–Crippen LogP) is -1.19. The molecule has 0 saturated carbocycles. The molecule has 102 valence electrons. The van der Waals surface area contributed by atoms with Crippen LogP contribution in [0.2, 0.25) is 0 Å². The number of hydrogen-bond donors (Lipinski definition) is 3. The maximum Gasteiger partial charge on any atom is 0.323 e. The fraction of sp³-hybridized carbons (Fsp3) is 0.300. The van der Waals surface area contributed by atoms with Crippen LogP contribution in [0.1, 0.15) is 10.5 Å². The summed E-state index contributed by atoms with van der Waals surface area (Å²) in [5, 5.41) is 27.0. The van der Waals surface area contributed by atoms with Gasteiger partial charge in [0, 0.05) is 7.05 Å². The van der Waals surface area contributed by atoms with Crippen molar-refractivity contribution >= 4 is 23.7 Å². The van der Waals surface area contributed by atoms with E-state index in [1.807, 2.05) is 0 Å². The van der Waals surface area contributed by atoms with Crippen molar-refractivity contribution in [2.45, 2.75) is 0 Å². The summed E-state index contributed by atoms with van der Waals surface area (Å²) >= 11 is 0. The van der Waals surface area contributed by atoms with Crippen LogP contribution < -0.4 is 10.2 Å². The van der Waals surface area contributed by atoms with Crippen molar-refractivity contribution in [3.63, 3.8) is 0 Å². The SMILES string of the molecule is CNC(=O)c1ccc(N(CC(=O)O)CC(=O)O)nn1. The monoisotopic (exact) mass is 268 g/mol. The van der Waals surface area contributed by atoms with Crippen LogP contribution >= 0.6 is 0 Å². The molecule has 1 aromatic heterocycles. The van der Waals surface area contributed by atoms with Gasteiger partial charge in [0.25, 0.3) is 5.91 Å². The summed E-state index contributed by atoms with van der Waals surface area (Å²) in [7, 11) is 1.43. The first kappa shape index (κ1) is 14.4. The van der Waals surface area contributed by atoms with Gasteiger partial charge in [-0.05, 0) is 12.1 Å². The molecule has 0 radical (unpaired) electrons. The molecule has 1 aromatic rings. The molecule has 0 atom stereocenters. The molecule has 0 aliphatic rings. The third-order valence-electron chi connectivity index (χ3n) is 2.09. The van der Waals surface area contributed by atoms with E-state index in [9.17, 15) is 14.4 Å². The molecular formula is C10H12N4O5. The quantitative estimate of drug-likeness (QED) is 0.586. The topological polar surface area (TPSA) is 133 Å². The van der Waals surface area contributed by atoms with E-state index in [1.54, 1.807) is 0 Å². The van der Waals surface area contributed by atoms with Crippen molar-refractivity contribution < 1.29 is 24.6 Å². The molecule has 1 amide bonds. The van der Waals surface area contributed by atoms with E-state index in [0.29, 0.717) is 0 Å². The highest BCUT2D eigenvalue weighted by molar-refractivity contribution is 5.92. The zero-order valence-corrected chi connectivity index (χ0v) is 10.0. The lowest BCUT2D eigenvalue weighted by Gasteiger charge is -2.18. The van der Waals surface area contributed by atoms with Gasteiger partial charge in [-0.3, -0.25) is 14.4 Å². The first-order chi connectivity index (χ1) is 8.93. The second-order valence-electron chi connectivity index (χ2n) is 3.50. The van der Waals surface area contributed by atoms with E-state index >= 15 is 0 Å². The first-order valence-electron chi connectivity index (χ1n) is 5.18. The molecule has 19 heavy (non-hydrogen) atoms. The minimum absolute atomic E-state index is 0.0526. The van der Waals surface area contributed by atoms with Crippen molar-refractivity contribution in [3.8, 4) is 0 Å². The van der Waals surface area contributed by atoms with Gasteiger partial charge in [-0.2, -0.15) is 0 Å². The maximum absolute atomic E-state index is 11.2. The van der Waals surface area contributed by atoms with Gasteiger partial charge < -0.3 is 20.4 Å². The average molecular weight is 268 g/mol. The molecule has 9 nitrogen and oxygen atoms in total. The molecule has 0 aliphatic carbocycles. The molecule has 0 fully saturated rings. The fourth-order valence-electron chi connectivity index (χ4n) is 1.29. The lowest BCUT2D eigenvalue weighted by molar-refractivity contribution is -0.136. The van der Waals surface area contributed by atoms with Crippen molar-refractivity contribution in [2.24, 2.45) is 0 Å². The highest BCUT2D eigenvalue weighted by atomic mass is 16.4. The van der Waals surface area contributed by atoms with Crippen LogP contribution in [0.5, 0.6) is 0 Å². The van der Waals surface area contributed by atoms with Crippen LogP contribution in [0.3, 0.4) is 0 Å². The Morgan fingerprint density at radius 1 is 1.16 bits per heavy atom. The largest absolute Gasteiger partial charge is 0.480 e. The lowest BCUT2D eigenvalue weighted by atomic mass is 10.3. The fourth-order valence-corrected chi connectivity index (χ4v) is 1.29. The number of nitrogens with one attached hydrogen (secondary N) is 1. The number of carboxylic acids is 2. The van der Waals surface area contributed by atoms with Gasteiger partial charge in [-0.25, -0.2) is 0 Å². The summed E-state index contributed by atoms with van der Waals surface area (Å²) in [6, 6.07) is 2.67. The molecule has 1 rings (SSSR count). The normalized spacial score (nSPS) is 9.74. The van der Waals surface area contributed by atoms with E-state index in [1.165, 1.54) is 19.2 Å². The van der Waals surface area contributed by atoms with Crippen molar-refractivity contribution in [2.75, 3.05) is 25.0 Å². The third kappa shape index (κ3) is 4.22. The molecule has 0 saturated heterocycles. The Balaban J connectivity index is 2.93. The highest BCUT2D eigenvalue weighted by Crippen LogP contribution is 2.09. The smallest absolute Gasteiger partial charge is 0.323 e. The molecule has 9 heteroatoms. The van der Waals surface area contributed by atoms with E-state index < -0.39 is 30.9 Å². The lowest BCUT2D eigenvalue weighted by Crippen LogP contribution is -2.35. The summed E-state index contributed by atoms with van der Waals surface area (Å²) in [6.45, 7) is -1.05. The molecule has 0 aromatic carbocycles. The molecular weight excluding hydrogens is 256 g/mol. The summed E-state index contributed by atoms with van der Waals surface area (Å²) in [6.07, 6.45) is 0. The summed E-state index contributed by atoms with van der Waals surface area (Å²) in [5.41, 5.74) is 0.0526. The Kier molecular flexibility index (Phi) is 4.75. The van der Waals surface area contributed by atoms with Crippen LogP contribution in [0.4, 0.5) is 5.82 Å². The van der Waals surface area contributed by atoms with Crippen LogP contribution in [0.25, 0.3) is 0 Å². The molecule has 3 N–H and O–H groups in total. The van der Waals surface area contributed by atoms with Crippen LogP contribution in [-0.2, 0) is 9.59 Å². The Bertz CT molecular complexity index is 471. The van der Waals surface area contributed by atoms with Crippen LogP contribution in [-0.4, -0.2) is 58.4 Å². The zero-order chi connectivity index (χ0) is 14.4. The van der Waals surface area contributed by atoms with Gasteiger partial charge in [-0.1, -0.05) is 0 Å². The summed E-state index contributed by atoms with van der Waals surface area (Å²) in [5.74, 6) is -2.77. The van der Waals surface area contributed by atoms with Gasteiger partial charge in [-0.15, -0.1) is 10.2 Å². The van der Waals surface area contributed by atoms with Gasteiger partial charge in [0.15, 0.2) is 11.5 Å². The number of carbonyl (C=O) groups is 3. The Morgan fingerprint density at radius 2 is 1.74 bits per heavy atom. The number of carbonyl (C=O) groups excluding carboxylic acids is 1. The standard InChI is InChI=1S/C10H12N4O5/c1-11-10(19)6-2-3-7(13-12-6)14(4-8(15)16)5-9(17)18/h2-3H,4-5H2,1H3,(H,11,19)(H,15,16)(H,17,18). The number of anilines is 1. The summed E-state index contributed by atoms with van der Waals surface area (Å²) < 4.78 is 0. The Labute approximate surface area is 107 Å². The van der Waals surface area contributed by atoms with Gasteiger partial charge in [0.05, 0.1) is 0 Å². The number of carboxylic acid groups (broad SMARTS) is 2. The average Bonchev–Trinajstić information content (AvgIpc) is 2.36. The third-order valence-corrected chi connectivity index (χ3v) is 2.09.